The Balaban J connectivity index is 1.68. The Morgan fingerprint density at radius 3 is 2.92 bits per heavy atom. The Morgan fingerprint density at radius 1 is 1.29 bits per heavy atom. The van der Waals surface area contributed by atoms with Crippen molar-refractivity contribution in [2.24, 2.45) is 0 Å². The van der Waals surface area contributed by atoms with Crippen LogP contribution in [0.5, 0.6) is 11.5 Å². The molecule has 1 aromatic heterocycles. The summed E-state index contributed by atoms with van der Waals surface area (Å²) in [5.41, 5.74) is 2.27. The maximum Gasteiger partial charge on any atom is 0.255 e. The molecular formula is C18H17ClN2O3. The van der Waals surface area contributed by atoms with Gasteiger partial charge < -0.3 is 20.1 Å². The fourth-order valence-corrected chi connectivity index (χ4v) is 2.76. The van der Waals surface area contributed by atoms with E-state index >= 15 is 0 Å². The third-order valence-electron chi connectivity index (χ3n) is 3.86. The molecule has 0 bridgehead atoms. The van der Waals surface area contributed by atoms with Crippen LogP contribution in [-0.2, 0) is 6.42 Å². The van der Waals surface area contributed by atoms with E-state index in [-0.39, 0.29) is 17.2 Å². The minimum Gasteiger partial charge on any atom is -0.507 e. The fraction of sp³-hybridized carbons (Fsp3) is 0.167. The van der Waals surface area contributed by atoms with Crippen molar-refractivity contribution in [3.05, 3.63) is 58.7 Å². The van der Waals surface area contributed by atoms with E-state index in [9.17, 15) is 9.90 Å². The summed E-state index contributed by atoms with van der Waals surface area (Å²) in [6.45, 7) is 0.439. The predicted molar refractivity (Wildman–Crippen MR) is 94.0 cm³/mol. The van der Waals surface area contributed by atoms with Gasteiger partial charge in [0.2, 0.25) is 0 Å². The highest BCUT2D eigenvalue weighted by Gasteiger charge is 2.12. The van der Waals surface area contributed by atoms with E-state index < -0.39 is 0 Å². The monoisotopic (exact) mass is 344 g/mol. The Bertz CT molecular complexity index is 889. The van der Waals surface area contributed by atoms with E-state index in [4.69, 9.17) is 16.3 Å². The number of rotatable bonds is 5. The lowest BCUT2D eigenvalue weighted by atomic mass is 10.1. The first-order valence-corrected chi connectivity index (χ1v) is 7.87. The van der Waals surface area contributed by atoms with Gasteiger partial charge in [-0.05, 0) is 48.4 Å². The highest BCUT2D eigenvalue weighted by molar-refractivity contribution is 6.31. The molecule has 0 spiro atoms. The van der Waals surface area contributed by atoms with E-state index in [1.807, 2.05) is 24.4 Å². The van der Waals surface area contributed by atoms with Crippen LogP contribution in [0.15, 0.2) is 42.6 Å². The molecule has 0 aliphatic carbocycles. The second-order valence-corrected chi connectivity index (χ2v) is 5.83. The first-order chi connectivity index (χ1) is 11.6. The number of aromatic hydroxyl groups is 1. The molecule has 0 aliphatic rings. The number of benzene rings is 2. The lowest BCUT2D eigenvalue weighted by molar-refractivity contribution is 0.0951. The molecule has 3 rings (SSSR count). The summed E-state index contributed by atoms with van der Waals surface area (Å²) in [7, 11) is 1.63. The number of phenolic OH excluding ortho intramolecular Hbond substituents is 1. The molecule has 0 atom stereocenters. The van der Waals surface area contributed by atoms with Crippen molar-refractivity contribution < 1.29 is 14.6 Å². The number of phenols is 1. The van der Waals surface area contributed by atoms with Gasteiger partial charge in [0, 0.05) is 28.7 Å². The summed E-state index contributed by atoms with van der Waals surface area (Å²) < 4.78 is 5.25. The molecule has 0 radical (unpaired) electrons. The van der Waals surface area contributed by atoms with Crippen LogP contribution in [-0.4, -0.2) is 29.7 Å². The van der Waals surface area contributed by atoms with Gasteiger partial charge in [0.05, 0.1) is 12.7 Å². The van der Waals surface area contributed by atoms with Crippen molar-refractivity contribution in [1.29, 1.82) is 0 Å². The Hall–Kier alpha value is -2.66. The number of carbonyl (C=O) groups is 1. The lowest BCUT2D eigenvalue weighted by Gasteiger charge is -2.07. The number of nitrogens with one attached hydrogen (secondary N) is 2. The number of H-pyrrole nitrogens is 1. The molecule has 0 fully saturated rings. The smallest absolute Gasteiger partial charge is 0.255 e. The van der Waals surface area contributed by atoms with Crippen molar-refractivity contribution in [3.63, 3.8) is 0 Å². The normalized spacial score (nSPS) is 10.8. The lowest BCUT2D eigenvalue weighted by Crippen LogP contribution is -2.25. The molecule has 1 heterocycles. The number of hydrogen-bond donors (Lipinski definition) is 3. The molecule has 0 unspecified atom stereocenters. The van der Waals surface area contributed by atoms with Crippen LogP contribution in [0.4, 0.5) is 0 Å². The average Bonchev–Trinajstić information content (AvgIpc) is 2.99. The van der Waals surface area contributed by atoms with Gasteiger partial charge in [0.25, 0.3) is 5.91 Å². The van der Waals surface area contributed by atoms with Crippen molar-refractivity contribution in [1.82, 2.24) is 10.3 Å². The molecular weight excluding hydrogens is 328 g/mol. The average molecular weight is 345 g/mol. The quantitative estimate of drug-likeness (QED) is 0.663. The van der Waals surface area contributed by atoms with Crippen LogP contribution >= 0.6 is 11.6 Å². The number of ether oxygens (including phenoxy) is 1. The second kappa shape index (κ2) is 6.84. The van der Waals surface area contributed by atoms with Crippen LogP contribution in [0.1, 0.15) is 15.9 Å². The number of halogens is 1. The highest BCUT2D eigenvalue weighted by atomic mass is 35.5. The van der Waals surface area contributed by atoms with Gasteiger partial charge in [-0.25, -0.2) is 0 Å². The predicted octanol–water partition coefficient (Wildman–Crippen LogP) is 3.51. The SMILES string of the molecule is COc1ccc2[nH]cc(CCNC(=O)c3cc(Cl)ccc3O)c2c1. The third-order valence-corrected chi connectivity index (χ3v) is 4.09. The molecule has 0 saturated carbocycles. The Morgan fingerprint density at radius 2 is 2.12 bits per heavy atom. The Kier molecular flexibility index (Phi) is 4.62. The van der Waals surface area contributed by atoms with E-state index in [0.717, 1.165) is 22.2 Å². The fourth-order valence-electron chi connectivity index (χ4n) is 2.59. The van der Waals surface area contributed by atoms with E-state index in [1.54, 1.807) is 7.11 Å². The van der Waals surface area contributed by atoms with Gasteiger partial charge in [0.15, 0.2) is 0 Å². The molecule has 5 nitrogen and oxygen atoms in total. The molecule has 124 valence electrons. The van der Waals surface area contributed by atoms with E-state index in [2.05, 4.69) is 10.3 Å². The molecule has 0 aliphatic heterocycles. The van der Waals surface area contributed by atoms with Gasteiger partial charge in [-0.1, -0.05) is 11.6 Å². The maximum atomic E-state index is 12.2. The summed E-state index contributed by atoms with van der Waals surface area (Å²) in [6.07, 6.45) is 2.58. The third kappa shape index (κ3) is 3.31. The van der Waals surface area contributed by atoms with Crippen LogP contribution in [0, 0.1) is 0 Å². The molecule has 3 N–H and O–H groups in total. The van der Waals surface area contributed by atoms with Gasteiger partial charge in [0.1, 0.15) is 11.5 Å². The number of hydrogen-bond acceptors (Lipinski definition) is 3. The topological polar surface area (TPSA) is 74.3 Å². The van der Waals surface area contributed by atoms with Crippen LogP contribution < -0.4 is 10.1 Å². The van der Waals surface area contributed by atoms with Gasteiger partial charge >= 0.3 is 0 Å². The molecule has 1 amide bonds. The summed E-state index contributed by atoms with van der Waals surface area (Å²) in [6, 6.07) is 10.2. The van der Waals surface area contributed by atoms with Crippen molar-refractivity contribution in [2.45, 2.75) is 6.42 Å². The number of amides is 1. The first-order valence-electron chi connectivity index (χ1n) is 7.49. The van der Waals surface area contributed by atoms with Gasteiger partial charge in [-0.15, -0.1) is 0 Å². The van der Waals surface area contributed by atoms with Gasteiger partial charge in [-0.2, -0.15) is 0 Å². The summed E-state index contributed by atoms with van der Waals surface area (Å²) in [5.74, 6) is 0.345. The van der Waals surface area contributed by atoms with Crippen molar-refractivity contribution in [3.8, 4) is 11.5 Å². The minimum absolute atomic E-state index is 0.0891. The minimum atomic E-state index is -0.354. The summed E-state index contributed by atoms with van der Waals surface area (Å²) in [4.78, 5) is 15.4. The number of carbonyl (C=O) groups excluding carboxylic acids is 1. The zero-order valence-corrected chi connectivity index (χ0v) is 13.9. The number of methoxy groups -OCH3 is 1. The number of fused-ring (bicyclic) bond motifs is 1. The molecule has 3 aromatic rings. The number of aromatic amines is 1. The standard InChI is InChI=1S/C18H17ClN2O3/c1-24-13-3-4-16-14(9-13)11(10-21-16)6-7-20-18(23)15-8-12(19)2-5-17(15)22/h2-5,8-10,21-22H,6-7H2,1H3,(H,20,23). The summed E-state index contributed by atoms with van der Waals surface area (Å²) in [5, 5.41) is 14.0. The Labute approximate surface area is 144 Å². The largest absolute Gasteiger partial charge is 0.507 e. The maximum absolute atomic E-state index is 12.2. The first kappa shape index (κ1) is 16.2. The molecule has 2 aromatic carbocycles. The zero-order chi connectivity index (χ0) is 17.1. The van der Waals surface area contributed by atoms with Crippen LogP contribution in [0.25, 0.3) is 10.9 Å². The van der Waals surface area contributed by atoms with E-state index in [0.29, 0.717) is 18.0 Å². The van der Waals surface area contributed by atoms with Crippen molar-refractivity contribution in [2.75, 3.05) is 13.7 Å². The number of aromatic nitrogens is 1. The van der Waals surface area contributed by atoms with E-state index in [1.165, 1.54) is 18.2 Å². The molecule has 6 heteroatoms. The zero-order valence-electron chi connectivity index (χ0n) is 13.1. The van der Waals surface area contributed by atoms with Crippen LogP contribution in [0.2, 0.25) is 5.02 Å². The summed E-state index contributed by atoms with van der Waals surface area (Å²) >= 11 is 5.86. The molecule has 24 heavy (non-hydrogen) atoms. The molecule has 0 saturated heterocycles. The highest BCUT2D eigenvalue weighted by Crippen LogP contribution is 2.24. The van der Waals surface area contributed by atoms with Gasteiger partial charge in [-0.3, -0.25) is 4.79 Å². The van der Waals surface area contributed by atoms with Crippen LogP contribution in [0.3, 0.4) is 0 Å². The second-order valence-electron chi connectivity index (χ2n) is 5.39. The van der Waals surface area contributed by atoms with Crippen molar-refractivity contribution >= 4 is 28.4 Å².